The minimum Gasteiger partial charge on any atom is -0.462 e. The van der Waals surface area contributed by atoms with E-state index in [0.717, 1.165) is 13.0 Å². The first kappa shape index (κ1) is 16.2. The van der Waals surface area contributed by atoms with Gasteiger partial charge in [-0.3, -0.25) is 0 Å². The maximum atomic E-state index is 11.5. The van der Waals surface area contributed by atoms with E-state index in [0.29, 0.717) is 17.2 Å². The maximum Gasteiger partial charge on any atom is 0.338 e. The van der Waals surface area contributed by atoms with Gasteiger partial charge in [-0.15, -0.1) is 12.4 Å². The van der Waals surface area contributed by atoms with Gasteiger partial charge >= 0.3 is 5.97 Å². The molecule has 1 aromatic carbocycles. The third-order valence-corrected chi connectivity index (χ3v) is 2.31. The number of halogens is 2. The van der Waals surface area contributed by atoms with Crippen LogP contribution in [0.5, 0.6) is 0 Å². The predicted molar refractivity (Wildman–Crippen MR) is 72.2 cm³/mol. The Bertz CT molecular complexity index is 339. The van der Waals surface area contributed by atoms with Crippen LogP contribution in [0.4, 0.5) is 0 Å². The first-order valence-corrected chi connectivity index (χ1v) is 5.55. The van der Waals surface area contributed by atoms with Gasteiger partial charge in [0.2, 0.25) is 0 Å². The summed E-state index contributed by atoms with van der Waals surface area (Å²) in [7, 11) is 3.97. The number of benzene rings is 1. The fourth-order valence-corrected chi connectivity index (χ4v) is 1.34. The molecule has 5 heteroatoms. The first-order chi connectivity index (χ1) is 7.59. The standard InChI is InChI=1S/C12H16ClNO2.ClH/c1-14(2)8-3-9-16-12(15)10-4-6-11(13)7-5-10;/h4-7H,3,8-9H2,1-2H3;1H. The number of ether oxygens (including phenoxy) is 1. The first-order valence-electron chi connectivity index (χ1n) is 5.17. The molecule has 1 rings (SSSR count). The van der Waals surface area contributed by atoms with Crippen molar-refractivity contribution < 1.29 is 9.53 Å². The highest BCUT2D eigenvalue weighted by atomic mass is 35.5. The van der Waals surface area contributed by atoms with Crippen LogP contribution in [0.2, 0.25) is 5.02 Å². The molecule has 0 amide bonds. The zero-order valence-corrected chi connectivity index (χ0v) is 11.6. The van der Waals surface area contributed by atoms with E-state index in [4.69, 9.17) is 16.3 Å². The van der Waals surface area contributed by atoms with Crippen LogP contribution in [0.3, 0.4) is 0 Å². The zero-order valence-electron chi connectivity index (χ0n) is 9.98. The topological polar surface area (TPSA) is 29.5 Å². The molecule has 17 heavy (non-hydrogen) atoms. The summed E-state index contributed by atoms with van der Waals surface area (Å²) < 4.78 is 5.11. The Kier molecular flexibility index (Phi) is 7.96. The Morgan fingerprint density at radius 2 is 1.88 bits per heavy atom. The van der Waals surface area contributed by atoms with E-state index in [2.05, 4.69) is 4.90 Å². The Balaban J connectivity index is 0.00000256. The number of carbonyl (C=O) groups is 1. The van der Waals surface area contributed by atoms with Crippen molar-refractivity contribution in [3.05, 3.63) is 34.9 Å². The third-order valence-electron chi connectivity index (χ3n) is 2.06. The monoisotopic (exact) mass is 277 g/mol. The van der Waals surface area contributed by atoms with Crippen LogP contribution in [0.15, 0.2) is 24.3 Å². The van der Waals surface area contributed by atoms with Crippen molar-refractivity contribution >= 4 is 30.0 Å². The normalized spacial score (nSPS) is 9.88. The van der Waals surface area contributed by atoms with E-state index in [1.54, 1.807) is 24.3 Å². The Labute approximate surface area is 113 Å². The van der Waals surface area contributed by atoms with Gasteiger partial charge in [-0.1, -0.05) is 11.6 Å². The van der Waals surface area contributed by atoms with E-state index >= 15 is 0 Å². The van der Waals surface area contributed by atoms with E-state index in [-0.39, 0.29) is 18.4 Å². The summed E-state index contributed by atoms with van der Waals surface area (Å²) in [6, 6.07) is 6.68. The van der Waals surface area contributed by atoms with Crippen molar-refractivity contribution in [3.8, 4) is 0 Å². The van der Waals surface area contributed by atoms with Gasteiger partial charge in [0.15, 0.2) is 0 Å². The molecule has 0 heterocycles. The summed E-state index contributed by atoms with van der Waals surface area (Å²) in [6.07, 6.45) is 0.840. The molecule has 0 saturated heterocycles. The molecule has 0 aromatic heterocycles. The van der Waals surface area contributed by atoms with Gasteiger partial charge in [0.1, 0.15) is 0 Å². The molecule has 96 valence electrons. The SMILES string of the molecule is CN(C)CCCOC(=O)c1ccc(Cl)cc1.Cl. The lowest BCUT2D eigenvalue weighted by atomic mass is 10.2. The summed E-state index contributed by atoms with van der Waals surface area (Å²) in [5.74, 6) is -0.296. The molecule has 0 aliphatic heterocycles. The molecule has 0 bridgehead atoms. The average molecular weight is 278 g/mol. The Morgan fingerprint density at radius 3 is 2.41 bits per heavy atom. The lowest BCUT2D eigenvalue weighted by molar-refractivity contribution is 0.0493. The van der Waals surface area contributed by atoms with Gasteiger partial charge in [0, 0.05) is 11.6 Å². The van der Waals surface area contributed by atoms with Crippen molar-refractivity contribution in [3.63, 3.8) is 0 Å². The number of carbonyl (C=O) groups excluding carboxylic acids is 1. The van der Waals surface area contributed by atoms with Crippen LogP contribution in [0.25, 0.3) is 0 Å². The van der Waals surface area contributed by atoms with Gasteiger partial charge in [-0.25, -0.2) is 4.79 Å². The van der Waals surface area contributed by atoms with E-state index in [1.807, 2.05) is 14.1 Å². The molecule has 0 unspecified atom stereocenters. The third kappa shape index (κ3) is 6.51. The van der Waals surface area contributed by atoms with Crippen LogP contribution < -0.4 is 0 Å². The van der Waals surface area contributed by atoms with E-state index in [9.17, 15) is 4.79 Å². The van der Waals surface area contributed by atoms with Crippen LogP contribution in [0.1, 0.15) is 16.8 Å². The second-order valence-electron chi connectivity index (χ2n) is 3.80. The summed E-state index contributed by atoms with van der Waals surface area (Å²) in [5, 5.41) is 0.615. The number of hydrogen-bond donors (Lipinski definition) is 0. The largest absolute Gasteiger partial charge is 0.462 e. The highest BCUT2D eigenvalue weighted by molar-refractivity contribution is 6.30. The minimum atomic E-state index is -0.296. The summed E-state index contributed by atoms with van der Waals surface area (Å²) in [6.45, 7) is 1.35. The van der Waals surface area contributed by atoms with Crippen molar-refractivity contribution in [1.82, 2.24) is 4.90 Å². The molecule has 0 spiro atoms. The second kappa shape index (κ2) is 8.34. The van der Waals surface area contributed by atoms with Crippen LogP contribution in [-0.2, 0) is 4.74 Å². The van der Waals surface area contributed by atoms with Gasteiger partial charge < -0.3 is 9.64 Å². The molecule has 1 aromatic rings. The maximum absolute atomic E-state index is 11.5. The van der Waals surface area contributed by atoms with Gasteiger partial charge in [-0.2, -0.15) is 0 Å². The van der Waals surface area contributed by atoms with Crippen molar-refractivity contribution in [2.45, 2.75) is 6.42 Å². The van der Waals surface area contributed by atoms with Crippen molar-refractivity contribution in [2.75, 3.05) is 27.2 Å². The van der Waals surface area contributed by atoms with Gasteiger partial charge in [-0.05, 0) is 44.8 Å². The van der Waals surface area contributed by atoms with E-state index in [1.165, 1.54) is 0 Å². The molecule has 0 aliphatic rings. The number of hydrogen-bond acceptors (Lipinski definition) is 3. The Morgan fingerprint density at radius 1 is 1.29 bits per heavy atom. The lowest BCUT2D eigenvalue weighted by Crippen LogP contribution is -2.16. The predicted octanol–water partition coefficient (Wildman–Crippen LogP) is 2.87. The molecular formula is C12H17Cl2NO2. The second-order valence-corrected chi connectivity index (χ2v) is 4.24. The molecule has 0 saturated carbocycles. The highest BCUT2D eigenvalue weighted by Gasteiger charge is 2.05. The average Bonchev–Trinajstić information content (AvgIpc) is 2.25. The van der Waals surface area contributed by atoms with Crippen LogP contribution >= 0.6 is 24.0 Å². The molecule has 0 atom stereocenters. The highest BCUT2D eigenvalue weighted by Crippen LogP contribution is 2.10. The molecule has 0 N–H and O–H groups in total. The van der Waals surface area contributed by atoms with Crippen LogP contribution in [-0.4, -0.2) is 38.1 Å². The lowest BCUT2D eigenvalue weighted by Gasteiger charge is -2.09. The molecular weight excluding hydrogens is 261 g/mol. The van der Waals surface area contributed by atoms with Gasteiger partial charge in [0.25, 0.3) is 0 Å². The number of nitrogens with zero attached hydrogens (tertiary/aromatic N) is 1. The van der Waals surface area contributed by atoms with Crippen molar-refractivity contribution in [2.24, 2.45) is 0 Å². The molecule has 0 aliphatic carbocycles. The summed E-state index contributed by atoms with van der Waals surface area (Å²) >= 11 is 5.72. The molecule has 0 fully saturated rings. The molecule has 3 nitrogen and oxygen atoms in total. The summed E-state index contributed by atoms with van der Waals surface area (Å²) in [4.78, 5) is 13.6. The molecule has 0 radical (unpaired) electrons. The quantitative estimate of drug-likeness (QED) is 0.612. The number of esters is 1. The van der Waals surface area contributed by atoms with E-state index < -0.39 is 0 Å². The summed E-state index contributed by atoms with van der Waals surface area (Å²) in [5.41, 5.74) is 0.536. The fourth-order valence-electron chi connectivity index (χ4n) is 1.21. The smallest absolute Gasteiger partial charge is 0.338 e. The minimum absolute atomic E-state index is 0. The van der Waals surface area contributed by atoms with Gasteiger partial charge in [0.05, 0.1) is 12.2 Å². The number of rotatable bonds is 5. The van der Waals surface area contributed by atoms with Crippen molar-refractivity contribution in [1.29, 1.82) is 0 Å². The Hall–Kier alpha value is -0.770. The van der Waals surface area contributed by atoms with Crippen LogP contribution in [0, 0.1) is 0 Å². The zero-order chi connectivity index (χ0) is 12.0. The fraction of sp³-hybridized carbons (Fsp3) is 0.417.